The number of hydrogen-bond donors (Lipinski definition) is 0. The normalized spacial score (nSPS) is 23.9. The van der Waals surface area contributed by atoms with E-state index >= 15 is 0 Å². The average molecular weight is 304 g/mol. The van der Waals surface area contributed by atoms with E-state index in [1.165, 1.54) is 0 Å². The number of hydrogen-bond acceptors (Lipinski definition) is 3. The number of piperidine rings is 1. The minimum absolute atomic E-state index is 0.0791. The van der Waals surface area contributed by atoms with Crippen LogP contribution in [0.2, 0.25) is 0 Å². The summed E-state index contributed by atoms with van der Waals surface area (Å²) in [6.45, 7) is 9.60. The van der Waals surface area contributed by atoms with E-state index in [0.717, 1.165) is 17.7 Å². The molecule has 3 heterocycles. The van der Waals surface area contributed by atoms with Crippen molar-refractivity contribution in [2.75, 3.05) is 13.1 Å². The third kappa shape index (κ3) is 2.89. The van der Waals surface area contributed by atoms with E-state index in [-0.39, 0.29) is 17.6 Å². The lowest BCUT2D eigenvalue weighted by molar-refractivity contribution is 0.0102. The van der Waals surface area contributed by atoms with Crippen LogP contribution in [0, 0.1) is 12.8 Å². The van der Waals surface area contributed by atoms with Crippen LogP contribution in [0.3, 0.4) is 0 Å². The molecule has 0 aliphatic carbocycles. The Morgan fingerprint density at radius 2 is 1.95 bits per heavy atom. The van der Waals surface area contributed by atoms with Crippen LogP contribution in [0.5, 0.6) is 0 Å². The number of aryl methyl sites for hydroxylation is 1. The fourth-order valence-corrected chi connectivity index (χ4v) is 3.57. The van der Waals surface area contributed by atoms with Crippen molar-refractivity contribution in [3.8, 4) is 0 Å². The van der Waals surface area contributed by atoms with Crippen LogP contribution in [0.4, 0.5) is 4.79 Å². The van der Waals surface area contributed by atoms with Gasteiger partial charge in [-0.2, -0.15) is 0 Å². The fourth-order valence-electron chi connectivity index (χ4n) is 3.57. The zero-order chi connectivity index (χ0) is 16.1. The molecule has 2 aliphatic heterocycles. The number of nitrogens with zero attached hydrogens (tertiary/aromatic N) is 2. The number of carbonyl (C=O) groups excluding carboxylic acids is 1. The Bertz CT molecular complexity index is 657. The highest BCUT2D eigenvalue weighted by molar-refractivity contribution is 5.68. The lowest BCUT2D eigenvalue weighted by atomic mass is 9.83. The van der Waals surface area contributed by atoms with Crippen LogP contribution in [-0.2, 0) is 11.3 Å². The van der Waals surface area contributed by atoms with Crippen molar-refractivity contribution >= 4 is 6.09 Å². The Hall–Kier alpha value is -1.78. The van der Waals surface area contributed by atoms with Crippen molar-refractivity contribution in [2.45, 2.75) is 52.2 Å². The first-order valence-corrected chi connectivity index (χ1v) is 7.92. The minimum atomic E-state index is -0.477. The van der Waals surface area contributed by atoms with Gasteiger partial charge in [0.25, 0.3) is 5.56 Å². The molecule has 1 unspecified atom stereocenters. The molecule has 1 aromatic rings. The molecule has 2 bridgehead atoms. The maximum Gasteiger partial charge on any atom is 0.410 e. The van der Waals surface area contributed by atoms with Crippen molar-refractivity contribution in [1.29, 1.82) is 0 Å². The average Bonchev–Trinajstić information content (AvgIpc) is 2.38. The van der Waals surface area contributed by atoms with Crippen molar-refractivity contribution in [3.63, 3.8) is 0 Å². The number of amides is 1. The monoisotopic (exact) mass is 304 g/mol. The second kappa shape index (κ2) is 5.14. The van der Waals surface area contributed by atoms with Gasteiger partial charge in [-0.05, 0) is 51.7 Å². The molecule has 120 valence electrons. The van der Waals surface area contributed by atoms with Crippen LogP contribution >= 0.6 is 0 Å². The smallest absolute Gasteiger partial charge is 0.410 e. The Morgan fingerprint density at radius 3 is 2.64 bits per heavy atom. The number of aromatic nitrogens is 1. The van der Waals surface area contributed by atoms with E-state index < -0.39 is 5.60 Å². The molecule has 0 radical (unpaired) electrons. The van der Waals surface area contributed by atoms with Crippen molar-refractivity contribution in [3.05, 3.63) is 33.7 Å². The maximum absolute atomic E-state index is 12.3. The molecule has 0 aromatic carbocycles. The zero-order valence-corrected chi connectivity index (χ0v) is 13.8. The van der Waals surface area contributed by atoms with Crippen molar-refractivity contribution < 1.29 is 9.53 Å². The van der Waals surface area contributed by atoms with Crippen LogP contribution < -0.4 is 5.56 Å². The number of fused-ring (bicyclic) bond motifs is 4. The van der Waals surface area contributed by atoms with Crippen LogP contribution in [0.25, 0.3) is 0 Å². The topological polar surface area (TPSA) is 51.5 Å². The lowest BCUT2D eigenvalue weighted by Gasteiger charge is -2.43. The van der Waals surface area contributed by atoms with E-state index in [1.54, 1.807) is 11.0 Å². The highest BCUT2D eigenvalue weighted by atomic mass is 16.6. The van der Waals surface area contributed by atoms with Gasteiger partial charge >= 0.3 is 6.09 Å². The molecule has 3 rings (SSSR count). The third-order valence-electron chi connectivity index (χ3n) is 4.35. The van der Waals surface area contributed by atoms with Crippen molar-refractivity contribution in [1.82, 2.24) is 9.47 Å². The predicted octanol–water partition coefficient (Wildman–Crippen LogP) is 2.51. The summed E-state index contributed by atoms with van der Waals surface area (Å²) < 4.78 is 7.38. The van der Waals surface area contributed by atoms with E-state index in [2.05, 4.69) is 6.07 Å². The van der Waals surface area contributed by atoms with Gasteiger partial charge in [0.15, 0.2) is 0 Å². The number of carbonyl (C=O) groups is 1. The molecule has 0 N–H and O–H groups in total. The first-order valence-electron chi connectivity index (χ1n) is 7.92. The Balaban J connectivity index is 1.85. The highest BCUT2D eigenvalue weighted by Crippen LogP contribution is 2.35. The molecule has 5 nitrogen and oxygen atoms in total. The molecule has 5 heteroatoms. The molecule has 1 aromatic heterocycles. The SMILES string of the molecule is Cc1cc2n(c(=O)c1)CC1C[C@H]2CN(C(=O)OC(C)(C)C)C1. The lowest BCUT2D eigenvalue weighted by Crippen LogP contribution is -2.50. The van der Waals surface area contributed by atoms with E-state index in [9.17, 15) is 9.59 Å². The van der Waals surface area contributed by atoms with Gasteiger partial charge in [0.05, 0.1) is 0 Å². The maximum atomic E-state index is 12.3. The summed E-state index contributed by atoms with van der Waals surface area (Å²) in [5, 5.41) is 0. The molecule has 1 fully saturated rings. The van der Waals surface area contributed by atoms with Gasteiger partial charge in [0.2, 0.25) is 0 Å². The van der Waals surface area contributed by atoms with Crippen molar-refractivity contribution in [2.24, 2.45) is 5.92 Å². The largest absolute Gasteiger partial charge is 0.444 e. The van der Waals surface area contributed by atoms with Gasteiger partial charge in [0.1, 0.15) is 5.60 Å². The van der Waals surface area contributed by atoms with Crippen LogP contribution in [-0.4, -0.2) is 34.3 Å². The number of pyridine rings is 1. The number of likely N-dealkylation sites (tertiary alicyclic amines) is 1. The molecule has 1 amide bonds. The molecule has 1 saturated heterocycles. The number of ether oxygens (including phenoxy) is 1. The molecular formula is C17H24N2O3. The summed E-state index contributed by atoms with van der Waals surface area (Å²) in [5.41, 5.74) is 1.66. The van der Waals surface area contributed by atoms with E-state index in [0.29, 0.717) is 25.6 Å². The van der Waals surface area contributed by atoms with Gasteiger partial charge in [-0.1, -0.05) is 0 Å². The second-order valence-electron chi connectivity index (χ2n) is 7.59. The second-order valence-corrected chi connectivity index (χ2v) is 7.59. The standard InChI is InChI=1S/C17H24N2O3/c1-11-5-14-13-7-12(9-19(14)15(20)6-11)8-18(10-13)16(21)22-17(2,3)4/h5-6,12-13H,7-10H2,1-4H3/t12?,13-/m0/s1. The predicted molar refractivity (Wildman–Crippen MR) is 84.1 cm³/mol. The van der Waals surface area contributed by atoms with E-state index in [4.69, 9.17) is 4.74 Å². The van der Waals surface area contributed by atoms with E-state index in [1.807, 2.05) is 32.3 Å². The fraction of sp³-hybridized carbons (Fsp3) is 0.647. The Kier molecular flexibility index (Phi) is 3.54. The summed E-state index contributed by atoms with van der Waals surface area (Å²) in [4.78, 5) is 26.3. The quantitative estimate of drug-likeness (QED) is 0.740. The molecular weight excluding hydrogens is 280 g/mol. The summed E-state index contributed by atoms with van der Waals surface area (Å²) in [5.74, 6) is 0.562. The van der Waals surface area contributed by atoms with Crippen LogP contribution in [0.1, 0.15) is 44.4 Å². The van der Waals surface area contributed by atoms with Gasteiger partial charge in [-0.3, -0.25) is 4.79 Å². The molecule has 0 saturated carbocycles. The first-order chi connectivity index (χ1) is 10.2. The zero-order valence-electron chi connectivity index (χ0n) is 13.8. The van der Waals surface area contributed by atoms with Crippen LogP contribution in [0.15, 0.2) is 16.9 Å². The summed E-state index contributed by atoms with van der Waals surface area (Å²) in [6.07, 6.45) is 0.799. The molecule has 22 heavy (non-hydrogen) atoms. The first kappa shape index (κ1) is 15.1. The minimum Gasteiger partial charge on any atom is -0.444 e. The third-order valence-corrected chi connectivity index (χ3v) is 4.35. The molecule has 2 atom stereocenters. The number of rotatable bonds is 0. The van der Waals surface area contributed by atoms with Gasteiger partial charge < -0.3 is 14.2 Å². The van der Waals surface area contributed by atoms with Gasteiger partial charge in [0, 0.05) is 37.3 Å². The summed E-state index contributed by atoms with van der Waals surface area (Å²) in [7, 11) is 0. The Morgan fingerprint density at radius 1 is 1.23 bits per heavy atom. The highest BCUT2D eigenvalue weighted by Gasteiger charge is 2.37. The molecule has 0 spiro atoms. The summed E-state index contributed by atoms with van der Waals surface area (Å²) >= 11 is 0. The van der Waals surface area contributed by atoms with Gasteiger partial charge in [-0.15, -0.1) is 0 Å². The Labute approximate surface area is 130 Å². The molecule has 2 aliphatic rings. The summed E-state index contributed by atoms with van der Waals surface area (Å²) in [6, 6.07) is 3.77. The van der Waals surface area contributed by atoms with Gasteiger partial charge in [-0.25, -0.2) is 4.79 Å².